The van der Waals surface area contributed by atoms with E-state index in [4.69, 9.17) is 9.47 Å². The number of pyridine rings is 2. The summed E-state index contributed by atoms with van der Waals surface area (Å²) in [4.78, 5) is 81.4. The standard InChI is InChI=1S/C30H25FN2O5.C28H21BrFNO3.C2H5NO2.CH4/c1-37-29(36)33-22-8-11-24-25(18-22)32-15-12-26(24)38-23-9-4-20(5-10-23)17-28(35)30(13-14-30)27(34)16-19-2-6-21(31)7-3-19;29-20-5-10-23-24(17-20)31-14-11-25(23)34-22-8-3-19(4-9-22)16-27(33)28(12-13-28)26(32)15-18-1-6-21(30)7-2-18;1-5-2(3)4;/h2-12,15,18H,13-14,16-17H2,1H3,(H,33,36);1-11,14,17H,12-13,15-16H2;1H3,(H2,3,4);1H4. The molecule has 0 atom stereocenters. The van der Waals surface area contributed by atoms with Gasteiger partial charge in [0.05, 0.1) is 36.1 Å². The van der Waals surface area contributed by atoms with Gasteiger partial charge in [0.25, 0.3) is 0 Å². The molecule has 0 radical (unpaired) electrons. The molecule has 2 heterocycles. The summed E-state index contributed by atoms with van der Waals surface area (Å²) in [5, 5.41) is 4.27. The molecule has 0 bridgehead atoms. The Morgan fingerprint density at radius 2 is 0.885 bits per heavy atom. The number of amides is 2. The minimum Gasteiger partial charge on any atom is -0.457 e. The average Bonchev–Trinajstić information content (AvgIpc) is 4.41. The molecule has 2 aromatic heterocycles. The number of carbonyl (C=O) groups excluding carboxylic acids is 6. The molecule has 17 heteroatoms. The van der Waals surface area contributed by atoms with Gasteiger partial charge in [-0.25, -0.2) is 18.4 Å². The first-order valence-corrected chi connectivity index (χ1v) is 25.1. The zero-order valence-electron chi connectivity index (χ0n) is 41.9. The molecule has 78 heavy (non-hydrogen) atoms. The number of halogens is 3. The maximum Gasteiger partial charge on any atom is 0.411 e. The summed E-state index contributed by atoms with van der Waals surface area (Å²) >= 11 is 3.45. The van der Waals surface area contributed by atoms with Crippen molar-refractivity contribution in [1.82, 2.24) is 9.97 Å². The lowest BCUT2D eigenvalue weighted by molar-refractivity contribution is -0.135. The number of anilines is 1. The van der Waals surface area contributed by atoms with Crippen LogP contribution in [-0.4, -0.2) is 59.5 Å². The van der Waals surface area contributed by atoms with Gasteiger partial charge in [-0.2, -0.15) is 0 Å². The third kappa shape index (κ3) is 14.4. The van der Waals surface area contributed by atoms with E-state index in [0.717, 1.165) is 37.5 Å². The number of hydrogen-bond acceptors (Lipinski definition) is 12. The fourth-order valence-corrected chi connectivity index (χ4v) is 8.89. The van der Waals surface area contributed by atoms with Crippen LogP contribution in [0.15, 0.2) is 162 Å². The first-order valence-electron chi connectivity index (χ1n) is 24.3. The molecule has 2 fully saturated rings. The number of primary amides is 1. The van der Waals surface area contributed by atoms with Gasteiger partial charge >= 0.3 is 12.2 Å². The molecule has 0 aliphatic heterocycles. The Labute approximate surface area is 457 Å². The predicted molar refractivity (Wildman–Crippen MR) is 295 cm³/mol. The number of Topliss-reactive ketones (excluding diaryl/α,β-unsaturated/α-hetero) is 4. The van der Waals surface area contributed by atoms with E-state index in [-0.39, 0.29) is 67.9 Å². The third-order valence-electron chi connectivity index (χ3n) is 13.2. The first-order chi connectivity index (χ1) is 37.1. The minimum atomic E-state index is -0.929. The molecule has 2 aliphatic carbocycles. The smallest absolute Gasteiger partial charge is 0.411 e. The maximum atomic E-state index is 13.2. The van der Waals surface area contributed by atoms with Gasteiger partial charge in [-0.1, -0.05) is 71.9 Å². The van der Waals surface area contributed by atoms with E-state index in [0.29, 0.717) is 65.4 Å². The van der Waals surface area contributed by atoms with Crippen molar-refractivity contribution in [3.8, 4) is 23.0 Å². The van der Waals surface area contributed by atoms with Crippen molar-refractivity contribution in [1.29, 1.82) is 0 Å². The van der Waals surface area contributed by atoms with Crippen LogP contribution >= 0.6 is 15.9 Å². The molecule has 400 valence electrons. The van der Waals surface area contributed by atoms with Crippen LogP contribution in [0.3, 0.4) is 0 Å². The number of methoxy groups -OCH3 is 2. The molecule has 0 saturated heterocycles. The van der Waals surface area contributed by atoms with Crippen LogP contribution in [0.25, 0.3) is 21.8 Å². The number of ketones is 4. The summed E-state index contributed by atoms with van der Waals surface area (Å²) in [6.45, 7) is 0. The van der Waals surface area contributed by atoms with Gasteiger partial charge in [-0.15, -0.1) is 0 Å². The molecule has 0 unspecified atom stereocenters. The van der Waals surface area contributed by atoms with Crippen LogP contribution in [0.5, 0.6) is 23.0 Å². The second-order valence-electron chi connectivity index (χ2n) is 18.5. The lowest BCUT2D eigenvalue weighted by Gasteiger charge is -2.14. The minimum absolute atomic E-state index is 0. The van der Waals surface area contributed by atoms with Gasteiger partial charge in [0, 0.05) is 59.0 Å². The number of nitrogens with zero attached hydrogens (tertiary/aromatic N) is 2. The van der Waals surface area contributed by atoms with Crippen LogP contribution in [0, 0.1) is 22.5 Å². The summed E-state index contributed by atoms with van der Waals surface area (Å²) in [6, 6.07) is 40.9. The highest BCUT2D eigenvalue weighted by atomic mass is 79.9. The van der Waals surface area contributed by atoms with Crippen LogP contribution < -0.4 is 20.5 Å². The Balaban J connectivity index is 0.000000207. The summed E-state index contributed by atoms with van der Waals surface area (Å²) in [5.74, 6) is 1.49. The molecular weight excluding hydrogens is 1070 g/mol. The number of aromatic nitrogens is 2. The lowest BCUT2D eigenvalue weighted by Crippen LogP contribution is -2.28. The Morgan fingerprint density at radius 1 is 0.526 bits per heavy atom. The molecule has 14 nitrogen and oxygen atoms in total. The average molecular weight is 1120 g/mol. The van der Waals surface area contributed by atoms with Crippen LogP contribution in [0.2, 0.25) is 0 Å². The molecule has 2 saturated carbocycles. The van der Waals surface area contributed by atoms with Crippen molar-refractivity contribution >= 4 is 78.7 Å². The second kappa shape index (κ2) is 25.4. The predicted octanol–water partition coefficient (Wildman–Crippen LogP) is 13.0. The van der Waals surface area contributed by atoms with Gasteiger partial charge in [-0.05, 0) is 145 Å². The second-order valence-corrected chi connectivity index (χ2v) is 19.4. The third-order valence-corrected chi connectivity index (χ3v) is 13.7. The Bertz CT molecular complexity index is 3480. The number of nitrogens with two attached hydrogens (primary N) is 1. The van der Waals surface area contributed by atoms with Crippen LogP contribution in [-0.2, 0) is 54.3 Å². The van der Waals surface area contributed by atoms with Crippen LogP contribution in [0.4, 0.5) is 24.1 Å². The molecule has 0 spiro atoms. The molecule has 8 aromatic rings. The van der Waals surface area contributed by atoms with Crippen molar-refractivity contribution < 1.29 is 56.5 Å². The van der Waals surface area contributed by atoms with E-state index < -0.39 is 23.0 Å². The van der Waals surface area contributed by atoms with E-state index in [1.807, 2.05) is 60.7 Å². The van der Waals surface area contributed by atoms with Crippen molar-refractivity contribution in [3.05, 3.63) is 196 Å². The summed E-state index contributed by atoms with van der Waals surface area (Å²) in [6.07, 6.45) is 4.90. The van der Waals surface area contributed by atoms with E-state index in [1.54, 1.807) is 73.1 Å². The van der Waals surface area contributed by atoms with E-state index in [1.165, 1.54) is 38.5 Å². The lowest BCUT2D eigenvalue weighted by atomic mass is 9.88. The monoisotopic (exact) mass is 1120 g/mol. The van der Waals surface area contributed by atoms with Gasteiger partial charge in [0.2, 0.25) is 0 Å². The SMILES string of the molecule is C.COC(=O)Nc1ccc2c(Oc3ccc(CC(=O)C4(C(=O)Cc5ccc(F)cc5)CC4)cc3)ccnc2c1.COC(N)=O.O=C(Cc1ccc(F)cc1)C1(C(=O)Cc2ccc(Oc3ccnc4cc(Br)ccc34)cc2)CC1. The van der Waals surface area contributed by atoms with Crippen molar-refractivity contribution in [2.45, 2.75) is 58.8 Å². The number of nitrogens with one attached hydrogen (secondary N) is 1. The van der Waals surface area contributed by atoms with Gasteiger partial charge < -0.3 is 24.7 Å². The Kier molecular flexibility index (Phi) is 18.6. The van der Waals surface area contributed by atoms with Crippen molar-refractivity contribution in [2.75, 3.05) is 19.5 Å². The number of carbonyl (C=O) groups is 6. The number of fused-ring (bicyclic) bond motifs is 2. The van der Waals surface area contributed by atoms with Gasteiger partial charge in [0.1, 0.15) is 34.6 Å². The highest BCUT2D eigenvalue weighted by Crippen LogP contribution is 2.50. The van der Waals surface area contributed by atoms with E-state index >= 15 is 0 Å². The Hall–Kier alpha value is -8.70. The van der Waals surface area contributed by atoms with Crippen LogP contribution in [0.1, 0.15) is 55.4 Å². The highest BCUT2D eigenvalue weighted by molar-refractivity contribution is 9.10. The summed E-state index contributed by atoms with van der Waals surface area (Å²) in [5.41, 5.74) is 7.68. The quantitative estimate of drug-likeness (QED) is 0.0818. The maximum absolute atomic E-state index is 13.2. The molecule has 6 aromatic carbocycles. The normalized spacial score (nSPS) is 13.1. The van der Waals surface area contributed by atoms with Gasteiger partial charge in [0.15, 0.2) is 23.1 Å². The molecule has 2 amide bonds. The number of rotatable bonds is 17. The topological polar surface area (TPSA) is 203 Å². The van der Waals surface area contributed by atoms with E-state index in [2.05, 4.69) is 46.4 Å². The largest absolute Gasteiger partial charge is 0.457 e. The Morgan fingerprint density at radius 3 is 1.24 bits per heavy atom. The highest BCUT2D eigenvalue weighted by Gasteiger charge is 2.55. The van der Waals surface area contributed by atoms with Crippen molar-refractivity contribution in [2.24, 2.45) is 16.6 Å². The molecule has 3 N–H and O–H groups in total. The number of ether oxygens (including phenoxy) is 4. The van der Waals surface area contributed by atoms with Crippen molar-refractivity contribution in [3.63, 3.8) is 0 Å². The summed E-state index contributed by atoms with van der Waals surface area (Å²) < 4.78 is 47.9. The molecule has 2 aliphatic rings. The molecular formula is C61H55BrF2N4O10. The fraction of sp³-hybridized carbons (Fsp3) is 0.213. The summed E-state index contributed by atoms with van der Waals surface area (Å²) in [7, 11) is 2.52. The zero-order valence-corrected chi connectivity index (χ0v) is 43.4. The zero-order chi connectivity index (χ0) is 54.7. The van der Waals surface area contributed by atoms with Gasteiger partial charge in [-0.3, -0.25) is 34.5 Å². The number of hydrogen-bond donors (Lipinski definition) is 2. The fourth-order valence-electron chi connectivity index (χ4n) is 8.55. The molecule has 10 rings (SSSR count). The van der Waals surface area contributed by atoms with E-state index in [9.17, 15) is 37.5 Å². The first kappa shape index (κ1) is 57.0. The number of benzene rings is 6.